The number of rotatable bonds is 5. The predicted octanol–water partition coefficient (Wildman–Crippen LogP) is 2.43. The van der Waals surface area contributed by atoms with Crippen LogP contribution in [-0.2, 0) is 0 Å². The van der Waals surface area contributed by atoms with Gasteiger partial charge in [0.2, 0.25) is 5.88 Å². The number of nitrogens with zero attached hydrogens (tertiary/aromatic N) is 1. The van der Waals surface area contributed by atoms with E-state index in [1.165, 1.54) is 16.4 Å². The SMILES string of the molecule is COc1cc(C(C)NC(C)CCl)sn1. The third kappa shape index (κ3) is 3.12. The molecule has 0 aliphatic heterocycles. The Morgan fingerprint density at radius 2 is 2.36 bits per heavy atom. The molecular weight excluding hydrogens is 220 g/mol. The van der Waals surface area contributed by atoms with Crippen molar-refractivity contribution in [3.05, 3.63) is 10.9 Å². The van der Waals surface area contributed by atoms with Gasteiger partial charge in [-0.25, -0.2) is 0 Å². The number of hydrogen-bond donors (Lipinski definition) is 1. The average Bonchev–Trinajstić information content (AvgIpc) is 2.65. The van der Waals surface area contributed by atoms with Crippen LogP contribution in [0.25, 0.3) is 0 Å². The quantitative estimate of drug-likeness (QED) is 0.795. The van der Waals surface area contributed by atoms with E-state index in [1.807, 2.05) is 6.07 Å². The molecule has 0 amide bonds. The van der Waals surface area contributed by atoms with Crippen molar-refractivity contribution in [3.63, 3.8) is 0 Å². The summed E-state index contributed by atoms with van der Waals surface area (Å²) >= 11 is 7.17. The summed E-state index contributed by atoms with van der Waals surface area (Å²) in [6.07, 6.45) is 0. The van der Waals surface area contributed by atoms with Crippen molar-refractivity contribution in [2.75, 3.05) is 13.0 Å². The molecule has 0 aliphatic carbocycles. The lowest BCUT2D eigenvalue weighted by Gasteiger charge is -2.15. The van der Waals surface area contributed by atoms with Gasteiger partial charge in [0.05, 0.1) is 7.11 Å². The zero-order valence-electron chi connectivity index (χ0n) is 8.58. The minimum absolute atomic E-state index is 0.269. The van der Waals surface area contributed by atoms with Crippen LogP contribution in [0, 0.1) is 0 Å². The molecule has 0 saturated carbocycles. The fourth-order valence-electron chi connectivity index (χ4n) is 1.13. The van der Waals surface area contributed by atoms with Crippen molar-refractivity contribution in [2.45, 2.75) is 25.9 Å². The number of hydrogen-bond acceptors (Lipinski definition) is 4. The van der Waals surface area contributed by atoms with Crippen molar-refractivity contribution in [2.24, 2.45) is 0 Å². The van der Waals surface area contributed by atoms with Gasteiger partial charge in [-0.1, -0.05) is 0 Å². The van der Waals surface area contributed by atoms with Crippen LogP contribution >= 0.6 is 23.1 Å². The van der Waals surface area contributed by atoms with E-state index < -0.39 is 0 Å². The molecule has 5 heteroatoms. The number of halogens is 1. The Morgan fingerprint density at radius 1 is 1.64 bits per heavy atom. The van der Waals surface area contributed by atoms with Crippen LogP contribution in [-0.4, -0.2) is 23.4 Å². The summed E-state index contributed by atoms with van der Waals surface area (Å²) in [6.45, 7) is 4.15. The van der Waals surface area contributed by atoms with Gasteiger partial charge < -0.3 is 10.1 Å². The molecule has 0 spiro atoms. The Balaban J connectivity index is 2.55. The summed E-state index contributed by atoms with van der Waals surface area (Å²) in [7, 11) is 1.62. The van der Waals surface area contributed by atoms with Crippen molar-refractivity contribution < 1.29 is 4.74 Å². The van der Waals surface area contributed by atoms with E-state index >= 15 is 0 Å². The lowest BCUT2D eigenvalue weighted by molar-refractivity contribution is 0.402. The van der Waals surface area contributed by atoms with E-state index in [1.54, 1.807) is 7.11 Å². The number of alkyl halides is 1. The van der Waals surface area contributed by atoms with E-state index in [0.29, 0.717) is 17.8 Å². The van der Waals surface area contributed by atoms with Gasteiger partial charge in [-0.05, 0) is 25.4 Å². The molecule has 2 atom stereocenters. The highest BCUT2D eigenvalue weighted by Gasteiger charge is 2.12. The van der Waals surface area contributed by atoms with Crippen LogP contribution in [0.3, 0.4) is 0 Å². The van der Waals surface area contributed by atoms with Gasteiger partial charge in [0.15, 0.2) is 0 Å². The van der Waals surface area contributed by atoms with E-state index in [-0.39, 0.29) is 6.04 Å². The molecule has 0 aliphatic rings. The number of nitrogens with one attached hydrogen (secondary N) is 1. The highest BCUT2D eigenvalue weighted by molar-refractivity contribution is 7.06. The molecule has 0 radical (unpaired) electrons. The van der Waals surface area contributed by atoms with Crippen molar-refractivity contribution in [3.8, 4) is 5.88 Å². The molecule has 2 unspecified atom stereocenters. The number of methoxy groups -OCH3 is 1. The summed E-state index contributed by atoms with van der Waals surface area (Å²) in [5.41, 5.74) is 0. The fraction of sp³-hybridized carbons (Fsp3) is 0.667. The third-order valence-electron chi connectivity index (χ3n) is 1.91. The van der Waals surface area contributed by atoms with Gasteiger partial charge in [-0.3, -0.25) is 0 Å². The Hall–Kier alpha value is -0.320. The topological polar surface area (TPSA) is 34.1 Å². The van der Waals surface area contributed by atoms with Crippen LogP contribution in [0.15, 0.2) is 6.07 Å². The van der Waals surface area contributed by atoms with Crippen molar-refractivity contribution in [1.29, 1.82) is 0 Å². The molecule has 0 bridgehead atoms. The first kappa shape index (κ1) is 11.8. The molecule has 1 heterocycles. The summed E-state index contributed by atoms with van der Waals surface area (Å²) in [5, 5.41) is 3.37. The zero-order valence-corrected chi connectivity index (χ0v) is 10.2. The maximum atomic E-state index is 5.72. The number of ether oxygens (including phenoxy) is 1. The predicted molar refractivity (Wildman–Crippen MR) is 60.4 cm³/mol. The number of aromatic nitrogens is 1. The fourth-order valence-corrected chi connectivity index (χ4v) is 1.92. The second-order valence-corrected chi connectivity index (χ2v) is 4.36. The maximum Gasteiger partial charge on any atom is 0.225 e. The van der Waals surface area contributed by atoms with E-state index in [2.05, 4.69) is 23.5 Å². The van der Waals surface area contributed by atoms with Gasteiger partial charge in [-0.2, -0.15) is 4.37 Å². The molecule has 0 fully saturated rings. The molecule has 0 aromatic carbocycles. The summed E-state index contributed by atoms with van der Waals surface area (Å²) in [5.74, 6) is 1.29. The minimum Gasteiger partial charge on any atom is -0.480 e. The van der Waals surface area contributed by atoms with Gasteiger partial charge >= 0.3 is 0 Å². The lowest BCUT2D eigenvalue weighted by atomic mass is 10.2. The smallest absolute Gasteiger partial charge is 0.225 e. The molecule has 3 nitrogen and oxygen atoms in total. The first-order chi connectivity index (χ1) is 6.67. The Morgan fingerprint density at radius 3 is 2.86 bits per heavy atom. The first-order valence-corrected chi connectivity index (χ1v) is 5.80. The van der Waals surface area contributed by atoms with Crippen molar-refractivity contribution in [1.82, 2.24) is 9.69 Å². The highest BCUT2D eigenvalue weighted by atomic mass is 35.5. The third-order valence-corrected chi connectivity index (χ3v) is 3.33. The average molecular weight is 235 g/mol. The Bertz CT molecular complexity index is 280. The van der Waals surface area contributed by atoms with E-state index in [9.17, 15) is 0 Å². The second kappa shape index (κ2) is 5.53. The van der Waals surface area contributed by atoms with E-state index in [0.717, 1.165) is 0 Å². The molecule has 1 aromatic rings. The lowest BCUT2D eigenvalue weighted by Crippen LogP contribution is -2.29. The molecule has 14 heavy (non-hydrogen) atoms. The largest absolute Gasteiger partial charge is 0.480 e. The monoisotopic (exact) mass is 234 g/mol. The minimum atomic E-state index is 0.269. The molecular formula is C9H15ClN2OS. The summed E-state index contributed by atoms with van der Waals surface area (Å²) in [6, 6.07) is 2.52. The van der Waals surface area contributed by atoms with E-state index in [4.69, 9.17) is 16.3 Å². The Kier molecular flexibility index (Phi) is 4.65. The summed E-state index contributed by atoms with van der Waals surface area (Å²) < 4.78 is 9.16. The van der Waals surface area contributed by atoms with Crippen LogP contribution in [0.4, 0.5) is 0 Å². The van der Waals surface area contributed by atoms with Crippen molar-refractivity contribution >= 4 is 23.1 Å². The van der Waals surface area contributed by atoms with Gasteiger partial charge in [0.1, 0.15) is 0 Å². The van der Waals surface area contributed by atoms with Crippen LogP contribution in [0.2, 0.25) is 0 Å². The molecule has 1 N–H and O–H groups in total. The van der Waals surface area contributed by atoms with Crippen LogP contribution in [0.5, 0.6) is 5.88 Å². The zero-order chi connectivity index (χ0) is 10.6. The van der Waals surface area contributed by atoms with Gasteiger partial charge in [0.25, 0.3) is 0 Å². The molecule has 1 aromatic heterocycles. The van der Waals surface area contributed by atoms with Crippen LogP contribution < -0.4 is 10.1 Å². The first-order valence-electron chi connectivity index (χ1n) is 4.50. The normalized spacial score (nSPS) is 15.1. The highest BCUT2D eigenvalue weighted by Crippen LogP contribution is 2.23. The van der Waals surface area contributed by atoms with Crippen LogP contribution in [0.1, 0.15) is 24.8 Å². The molecule has 80 valence electrons. The van der Waals surface area contributed by atoms with Gasteiger partial charge in [0, 0.05) is 28.9 Å². The molecule has 0 saturated heterocycles. The second-order valence-electron chi connectivity index (χ2n) is 3.22. The maximum absolute atomic E-state index is 5.72. The standard InChI is InChI=1S/C9H15ClN2OS/c1-6(5-10)11-7(2)8-4-9(13-3)12-14-8/h4,6-7,11H,5H2,1-3H3. The van der Waals surface area contributed by atoms with Gasteiger partial charge in [-0.15, -0.1) is 11.6 Å². The molecule has 1 rings (SSSR count). The summed E-state index contributed by atoms with van der Waals surface area (Å²) in [4.78, 5) is 1.17. The Labute approximate surface area is 93.6 Å².